The maximum atomic E-state index is 5.53. The van der Waals surface area contributed by atoms with Crippen LogP contribution in [-0.2, 0) is 11.3 Å². The maximum Gasteiger partial charge on any atom is 0.166 e. The zero-order chi connectivity index (χ0) is 18.2. The quantitative estimate of drug-likeness (QED) is 0.765. The first-order chi connectivity index (χ1) is 12.7. The number of thiocarbonyl (C=S) groups is 1. The lowest BCUT2D eigenvalue weighted by atomic mass is 9.98. The van der Waals surface area contributed by atoms with Crippen molar-refractivity contribution >= 4 is 17.3 Å². The number of nitrogens with one attached hydrogen (secondary N) is 2. The number of rotatable bonds is 6. The van der Waals surface area contributed by atoms with Gasteiger partial charge in [-0.25, -0.2) is 0 Å². The Kier molecular flexibility index (Phi) is 7.00. The van der Waals surface area contributed by atoms with Crippen LogP contribution in [0.5, 0.6) is 0 Å². The molecule has 0 bridgehead atoms. The van der Waals surface area contributed by atoms with Crippen molar-refractivity contribution in [2.45, 2.75) is 25.6 Å². The lowest BCUT2D eigenvalue weighted by Crippen LogP contribution is -2.50. The molecule has 3 rings (SSSR count). The van der Waals surface area contributed by atoms with Gasteiger partial charge >= 0.3 is 0 Å². The highest BCUT2D eigenvalue weighted by molar-refractivity contribution is 7.80. The van der Waals surface area contributed by atoms with Crippen molar-refractivity contribution in [3.05, 3.63) is 71.8 Å². The van der Waals surface area contributed by atoms with Gasteiger partial charge in [-0.3, -0.25) is 4.90 Å². The van der Waals surface area contributed by atoms with Crippen LogP contribution in [0.3, 0.4) is 0 Å². The van der Waals surface area contributed by atoms with Crippen molar-refractivity contribution in [2.75, 3.05) is 26.3 Å². The van der Waals surface area contributed by atoms with Gasteiger partial charge in [0, 0.05) is 25.7 Å². The van der Waals surface area contributed by atoms with Crippen molar-refractivity contribution < 1.29 is 4.74 Å². The first-order valence-electron chi connectivity index (χ1n) is 9.19. The van der Waals surface area contributed by atoms with Crippen molar-refractivity contribution in [3.8, 4) is 0 Å². The van der Waals surface area contributed by atoms with Crippen molar-refractivity contribution in [1.29, 1.82) is 0 Å². The fraction of sp³-hybridized carbons (Fsp3) is 0.381. The average Bonchev–Trinajstić information content (AvgIpc) is 2.69. The molecular formula is C21H27N3OS. The molecule has 1 aliphatic rings. The fourth-order valence-corrected chi connectivity index (χ4v) is 3.69. The molecule has 1 aliphatic heterocycles. The molecule has 2 aromatic carbocycles. The molecule has 5 heteroatoms. The van der Waals surface area contributed by atoms with Crippen LogP contribution < -0.4 is 10.6 Å². The highest BCUT2D eigenvalue weighted by Gasteiger charge is 2.27. The molecule has 2 atom stereocenters. The standard InChI is InChI=1S/C21H27N3OS/c1-17(23-21(26)22-16-18-8-4-2-5-9-18)20(19-10-6-3-7-11-19)24-12-14-25-15-13-24/h2-11,17,20H,12-16H2,1H3,(H2,22,23,26)/t17-,20+/m0/s1. The summed E-state index contributed by atoms with van der Waals surface area (Å²) >= 11 is 5.53. The zero-order valence-corrected chi connectivity index (χ0v) is 16.0. The predicted molar refractivity (Wildman–Crippen MR) is 110 cm³/mol. The van der Waals surface area contributed by atoms with Crippen LogP contribution in [0.15, 0.2) is 60.7 Å². The molecular weight excluding hydrogens is 342 g/mol. The highest BCUT2D eigenvalue weighted by Crippen LogP contribution is 2.25. The summed E-state index contributed by atoms with van der Waals surface area (Å²) in [4.78, 5) is 2.48. The third kappa shape index (κ3) is 5.27. The van der Waals surface area contributed by atoms with E-state index in [2.05, 4.69) is 64.9 Å². The first kappa shape index (κ1) is 18.8. The van der Waals surface area contributed by atoms with Gasteiger partial charge < -0.3 is 15.4 Å². The second-order valence-electron chi connectivity index (χ2n) is 6.61. The third-order valence-electron chi connectivity index (χ3n) is 4.71. The van der Waals surface area contributed by atoms with Gasteiger partial charge in [-0.1, -0.05) is 60.7 Å². The average molecular weight is 370 g/mol. The lowest BCUT2D eigenvalue weighted by molar-refractivity contribution is 0.0102. The van der Waals surface area contributed by atoms with Gasteiger partial charge in [0.15, 0.2) is 5.11 Å². The molecule has 138 valence electrons. The summed E-state index contributed by atoms with van der Waals surface area (Å²) in [5.41, 5.74) is 2.53. The molecule has 0 unspecified atom stereocenters. The molecule has 1 heterocycles. The van der Waals surface area contributed by atoms with Crippen molar-refractivity contribution in [1.82, 2.24) is 15.5 Å². The van der Waals surface area contributed by atoms with Gasteiger partial charge in [-0.05, 0) is 30.3 Å². The van der Waals surface area contributed by atoms with E-state index < -0.39 is 0 Å². The molecule has 0 radical (unpaired) electrons. The van der Waals surface area contributed by atoms with Crippen molar-refractivity contribution in [3.63, 3.8) is 0 Å². The Labute approximate surface area is 161 Å². The van der Waals surface area contributed by atoms with Crippen LogP contribution in [0.1, 0.15) is 24.1 Å². The number of benzene rings is 2. The second-order valence-corrected chi connectivity index (χ2v) is 7.01. The van der Waals surface area contributed by atoms with E-state index in [0.717, 1.165) is 32.8 Å². The van der Waals surface area contributed by atoms with Crippen LogP contribution in [0.25, 0.3) is 0 Å². The number of nitrogens with zero attached hydrogens (tertiary/aromatic N) is 1. The summed E-state index contributed by atoms with van der Waals surface area (Å²) in [6.07, 6.45) is 0. The molecule has 2 N–H and O–H groups in total. The van der Waals surface area contributed by atoms with E-state index in [4.69, 9.17) is 17.0 Å². The van der Waals surface area contributed by atoms with E-state index >= 15 is 0 Å². The Morgan fingerprint density at radius 1 is 1.04 bits per heavy atom. The Hall–Kier alpha value is -1.95. The van der Waals surface area contributed by atoms with E-state index in [9.17, 15) is 0 Å². The van der Waals surface area contributed by atoms with Gasteiger partial charge in [0.2, 0.25) is 0 Å². The predicted octanol–water partition coefficient (Wildman–Crippen LogP) is 3.11. The third-order valence-corrected chi connectivity index (χ3v) is 4.97. The van der Waals surface area contributed by atoms with Crippen LogP contribution in [0, 0.1) is 0 Å². The molecule has 2 aromatic rings. The Morgan fingerprint density at radius 2 is 1.65 bits per heavy atom. The van der Waals surface area contributed by atoms with E-state index in [0.29, 0.717) is 5.11 Å². The molecule has 1 saturated heterocycles. The highest BCUT2D eigenvalue weighted by atomic mass is 32.1. The second kappa shape index (κ2) is 9.67. The minimum Gasteiger partial charge on any atom is -0.379 e. The number of morpholine rings is 1. The maximum absolute atomic E-state index is 5.53. The first-order valence-corrected chi connectivity index (χ1v) is 9.60. The number of hydrogen-bond donors (Lipinski definition) is 2. The van der Waals surface area contributed by atoms with E-state index in [1.54, 1.807) is 0 Å². The summed E-state index contributed by atoms with van der Waals surface area (Å²) in [5, 5.41) is 7.49. The molecule has 0 spiro atoms. The Bertz CT molecular complexity index is 674. The smallest absolute Gasteiger partial charge is 0.166 e. The van der Waals surface area contributed by atoms with Gasteiger partial charge in [-0.2, -0.15) is 0 Å². The lowest BCUT2D eigenvalue weighted by Gasteiger charge is -2.38. The summed E-state index contributed by atoms with van der Waals surface area (Å²) in [7, 11) is 0. The van der Waals surface area contributed by atoms with Gasteiger partial charge in [-0.15, -0.1) is 0 Å². The summed E-state index contributed by atoms with van der Waals surface area (Å²) in [6.45, 7) is 6.38. The van der Waals surface area contributed by atoms with E-state index in [1.165, 1.54) is 11.1 Å². The Balaban J connectivity index is 1.63. The zero-order valence-electron chi connectivity index (χ0n) is 15.2. The van der Waals surface area contributed by atoms with E-state index in [1.807, 2.05) is 18.2 Å². The van der Waals surface area contributed by atoms with Crippen LogP contribution in [0.2, 0.25) is 0 Å². The van der Waals surface area contributed by atoms with Crippen LogP contribution >= 0.6 is 12.2 Å². The van der Waals surface area contributed by atoms with Crippen LogP contribution in [-0.4, -0.2) is 42.4 Å². The van der Waals surface area contributed by atoms with Gasteiger partial charge in [0.05, 0.1) is 19.3 Å². The largest absolute Gasteiger partial charge is 0.379 e. The van der Waals surface area contributed by atoms with Gasteiger partial charge in [0.25, 0.3) is 0 Å². The molecule has 4 nitrogen and oxygen atoms in total. The van der Waals surface area contributed by atoms with Crippen molar-refractivity contribution in [2.24, 2.45) is 0 Å². The molecule has 0 aromatic heterocycles. The summed E-state index contributed by atoms with van der Waals surface area (Å²) in [6, 6.07) is 21.4. The molecule has 1 fully saturated rings. The summed E-state index contributed by atoms with van der Waals surface area (Å²) in [5.74, 6) is 0. The molecule has 0 amide bonds. The SMILES string of the molecule is C[C@H](NC(=S)NCc1ccccc1)[C@H](c1ccccc1)N1CCOCC1. The number of hydrogen-bond acceptors (Lipinski definition) is 3. The topological polar surface area (TPSA) is 36.5 Å². The van der Waals surface area contributed by atoms with E-state index in [-0.39, 0.29) is 12.1 Å². The monoisotopic (exact) mass is 369 g/mol. The minimum absolute atomic E-state index is 0.186. The number of ether oxygens (including phenoxy) is 1. The van der Waals surface area contributed by atoms with Crippen LogP contribution in [0.4, 0.5) is 0 Å². The normalized spacial score (nSPS) is 17.3. The van der Waals surface area contributed by atoms with Gasteiger partial charge in [0.1, 0.15) is 0 Å². The fourth-order valence-electron chi connectivity index (χ4n) is 3.44. The minimum atomic E-state index is 0.186. The molecule has 26 heavy (non-hydrogen) atoms. The molecule has 0 aliphatic carbocycles. The Morgan fingerprint density at radius 3 is 2.31 bits per heavy atom. The molecule has 0 saturated carbocycles. The summed E-state index contributed by atoms with van der Waals surface area (Å²) < 4.78 is 5.53.